The fraction of sp³-hybridized carbons (Fsp3) is 0. The molecule has 0 atom stereocenters. The minimum absolute atomic E-state index is 0.0744. The lowest BCUT2D eigenvalue weighted by molar-refractivity contribution is 0.480. The Morgan fingerprint density at radius 1 is 0.735 bits per heavy atom. The number of primary sulfonamides is 1. The van der Waals surface area contributed by atoms with Gasteiger partial charge in [0.2, 0.25) is 10.0 Å². The molecule has 0 saturated heterocycles. The first-order chi connectivity index (χ1) is 16.0. The lowest BCUT2D eigenvalue weighted by Gasteiger charge is -2.20. The number of nitrogen functional groups attached to an aromatic ring is 1. The van der Waals surface area contributed by atoms with Crippen LogP contribution in [0.15, 0.2) is 82.6 Å². The molecule has 0 heterocycles. The van der Waals surface area contributed by atoms with Crippen molar-refractivity contribution in [3.05, 3.63) is 72.8 Å². The van der Waals surface area contributed by atoms with E-state index in [0.29, 0.717) is 22.1 Å². The number of benzene rings is 4. The summed E-state index contributed by atoms with van der Waals surface area (Å²) in [7, 11) is -9.67. The largest absolute Gasteiger partial charge is 0.507 e. The number of phenolic OH excluding ortho intramolecular Hbond substituents is 1. The molecular formula is C22H20N4O6S2. The Morgan fingerprint density at radius 2 is 1.38 bits per heavy atom. The molecule has 0 spiro atoms. The number of hydrogen-bond donors (Lipinski definition) is 6. The van der Waals surface area contributed by atoms with Gasteiger partial charge in [-0.3, -0.25) is 4.55 Å². The normalized spacial score (nSPS) is 11.9. The van der Waals surface area contributed by atoms with E-state index < -0.39 is 29.9 Å². The fourth-order valence-corrected chi connectivity index (χ4v) is 5.61. The van der Waals surface area contributed by atoms with E-state index in [2.05, 4.69) is 10.6 Å². The molecule has 0 aromatic heterocycles. The molecule has 8 N–H and O–H groups in total. The summed E-state index contributed by atoms with van der Waals surface area (Å²) < 4.78 is 59.2. The van der Waals surface area contributed by atoms with Crippen LogP contribution in [0.5, 0.6) is 5.75 Å². The third-order valence-corrected chi connectivity index (χ3v) is 7.08. The van der Waals surface area contributed by atoms with E-state index in [1.807, 2.05) is 0 Å². The van der Waals surface area contributed by atoms with Crippen molar-refractivity contribution in [3.8, 4) is 5.75 Å². The van der Waals surface area contributed by atoms with Crippen LogP contribution in [-0.2, 0) is 20.1 Å². The van der Waals surface area contributed by atoms with Crippen LogP contribution < -0.4 is 21.5 Å². The molecule has 0 bridgehead atoms. The third kappa shape index (κ3) is 4.47. The Bertz CT molecular complexity index is 1630. The van der Waals surface area contributed by atoms with Gasteiger partial charge in [0.15, 0.2) is 0 Å². The van der Waals surface area contributed by atoms with E-state index in [9.17, 15) is 26.5 Å². The number of nitrogens with one attached hydrogen (secondary N) is 2. The van der Waals surface area contributed by atoms with Gasteiger partial charge in [0.05, 0.1) is 28.4 Å². The highest BCUT2D eigenvalue weighted by Crippen LogP contribution is 2.41. The number of sulfonamides is 1. The third-order valence-electron chi connectivity index (χ3n) is 5.06. The molecule has 0 fully saturated rings. The minimum atomic E-state index is -5.11. The molecule has 4 aromatic carbocycles. The number of para-hydroxylation sites is 2. The number of anilines is 5. The zero-order valence-electron chi connectivity index (χ0n) is 17.4. The maximum Gasteiger partial charge on any atom is 0.298 e. The van der Waals surface area contributed by atoms with Crippen LogP contribution >= 0.6 is 0 Å². The molecule has 0 aliphatic carbocycles. The number of fused-ring (bicyclic) bond motifs is 1. The number of rotatable bonds is 6. The van der Waals surface area contributed by atoms with Crippen LogP contribution in [0.2, 0.25) is 0 Å². The Hall–Kier alpha value is -3.84. The van der Waals surface area contributed by atoms with E-state index >= 15 is 0 Å². The Balaban J connectivity index is 2.03. The van der Waals surface area contributed by atoms with Crippen molar-refractivity contribution >= 4 is 59.4 Å². The van der Waals surface area contributed by atoms with Crippen molar-refractivity contribution in [3.63, 3.8) is 0 Å². The molecule has 34 heavy (non-hydrogen) atoms. The van der Waals surface area contributed by atoms with Gasteiger partial charge in [-0.25, -0.2) is 13.6 Å². The van der Waals surface area contributed by atoms with Crippen molar-refractivity contribution in [2.24, 2.45) is 5.14 Å². The average molecular weight is 501 g/mol. The summed E-state index contributed by atoms with van der Waals surface area (Å²) in [6.45, 7) is 0. The summed E-state index contributed by atoms with van der Waals surface area (Å²) in [5.41, 5.74) is 6.73. The Labute approximate surface area is 195 Å². The van der Waals surface area contributed by atoms with E-state index in [0.717, 1.165) is 6.07 Å². The molecule has 4 rings (SSSR count). The maximum atomic E-state index is 12.4. The summed E-state index contributed by atoms with van der Waals surface area (Å²) >= 11 is 0. The second-order valence-electron chi connectivity index (χ2n) is 7.35. The topological polar surface area (TPSA) is 185 Å². The zero-order chi connectivity index (χ0) is 24.7. The van der Waals surface area contributed by atoms with Crippen molar-refractivity contribution < 1.29 is 26.5 Å². The van der Waals surface area contributed by atoms with Gasteiger partial charge in [-0.2, -0.15) is 8.42 Å². The highest BCUT2D eigenvalue weighted by molar-refractivity contribution is 7.91. The van der Waals surface area contributed by atoms with Gasteiger partial charge in [-0.15, -0.1) is 0 Å². The lowest BCUT2D eigenvalue weighted by Crippen LogP contribution is -2.18. The number of phenols is 1. The smallest absolute Gasteiger partial charge is 0.298 e. The van der Waals surface area contributed by atoms with Gasteiger partial charge in [0.25, 0.3) is 10.1 Å². The zero-order valence-corrected chi connectivity index (χ0v) is 19.1. The van der Waals surface area contributed by atoms with Crippen LogP contribution in [0.3, 0.4) is 0 Å². The molecular weight excluding hydrogens is 480 g/mol. The summed E-state index contributed by atoms with van der Waals surface area (Å²) in [6.07, 6.45) is 0. The molecule has 4 aromatic rings. The molecule has 0 saturated carbocycles. The molecule has 0 unspecified atom stereocenters. The first kappa shape index (κ1) is 23.3. The van der Waals surface area contributed by atoms with Crippen LogP contribution in [-0.4, -0.2) is 26.5 Å². The number of aromatic hydroxyl groups is 1. The van der Waals surface area contributed by atoms with E-state index in [4.69, 9.17) is 10.9 Å². The summed E-state index contributed by atoms with van der Waals surface area (Å²) in [5, 5.41) is 22.5. The predicted molar refractivity (Wildman–Crippen MR) is 131 cm³/mol. The number of hydrogen-bond acceptors (Lipinski definition) is 8. The van der Waals surface area contributed by atoms with Gasteiger partial charge in [-0.1, -0.05) is 36.4 Å². The highest BCUT2D eigenvalue weighted by atomic mass is 32.2. The summed E-state index contributed by atoms with van der Waals surface area (Å²) in [4.78, 5) is -1.77. The number of nitrogens with two attached hydrogens (primary N) is 2. The Kier molecular flexibility index (Phi) is 5.83. The second-order valence-corrected chi connectivity index (χ2v) is 10.2. The van der Waals surface area contributed by atoms with Crippen LogP contribution in [0, 0.1) is 0 Å². The standard InChI is InChI=1S/C22H20N4O6S2/c23-14-7-1-2-8-15(14)25-17-11-12-19(33(24,28)29)22(34(30,31)32)21(17)26-16-9-3-5-13-6-4-10-18(27)20(13)16/h1-12,25-27H,23H2,(H2,24,28,29)(H,30,31,32). The molecule has 12 heteroatoms. The van der Waals surface area contributed by atoms with Gasteiger partial charge < -0.3 is 21.5 Å². The summed E-state index contributed by atoms with van der Waals surface area (Å²) in [5.74, 6) is -0.0987. The van der Waals surface area contributed by atoms with Gasteiger partial charge in [0.1, 0.15) is 15.5 Å². The SMILES string of the molecule is Nc1ccccc1Nc1ccc(S(N)(=O)=O)c(S(=O)(=O)O)c1Nc1cccc2cccc(O)c12. The van der Waals surface area contributed by atoms with E-state index in [-0.39, 0.29) is 22.8 Å². The highest BCUT2D eigenvalue weighted by Gasteiger charge is 2.29. The average Bonchev–Trinajstić information content (AvgIpc) is 2.75. The van der Waals surface area contributed by atoms with Crippen LogP contribution in [0.1, 0.15) is 0 Å². The second kappa shape index (κ2) is 8.50. The minimum Gasteiger partial charge on any atom is -0.507 e. The molecule has 0 radical (unpaired) electrons. The van der Waals surface area contributed by atoms with Crippen LogP contribution in [0.25, 0.3) is 10.8 Å². The molecule has 0 aliphatic rings. The van der Waals surface area contributed by atoms with Gasteiger partial charge >= 0.3 is 0 Å². The summed E-state index contributed by atoms with van der Waals surface area (Å²) in [6, 6.07) is 18.6. The monoisotopic (exact) mass is 500 g/mol. The molecule has 0 aliphatic heterocycles. The van der Waals surface area contributed by atoms with Crippen molar-refractivity contribution in [2.75, 3.05) is 16.4 Å². The first-order valence-electron chi connectivity index (χ1n) is 9.73. The molecule has 10 nitrogen and oxygen atoms in total. The quantitative estimate of drug-likeness (QED) is 0.170. The van der Waals surface area contributed by atoms with E-state index in [1.54, 1.807) is 54.6 Å². The van der Waals surface area contributed by atoms with Crippen LogP contribution in [0.4, 0.5) is 28.4 Å². The van der Waals surface area contributed by atoms with Gasteiger partial charge in [0, 0.05) is 5.39 Å². The van der Waals surface area contributed by atoms with Crippen molar-refractivity contribution in [1.29, 1.82) is 0 Å². The Morgan fingerprint density at radius 3 is 2.03 bits per heavy atom. The van der Waals surface area contributed by atoms with Crippen molar-refractivity contribution in [1.82, 2.24) is 0 Å². The fourth-order valence-electron chi connectivity index (χ4n) is 3.59. The molecule has 0 amide bonds. The molecule has 176 valence electrons. The van der Waals surface area contributed by atoms with Crippen molar-refractivity contribution in [2.45, 2.75) is 9.79 Å². The van der Waals surface area contributed by atoms with Gasteiger partial charge in [-0.05, 0) is 41.8 Å². The maximum absolute atomic E-state index is 12.4. The lowest BCUT2D eigenvalue weighted by atomic mass is 10.1. The predicted octanol–water partition coefficient (Wildman–Crippen LogP) is 3.51. The first-order valence-corrected chi connectivity index (χ1v) is 12.7. The van der Waals surface area contributed by atoms with E-state index in [1.165, 1.54) is 12.1 Å².